The number of hydrogen-bond acceptors (Lipinski definition) is 3. The lowest BCUT2D eigenvalue weighted by Crippen LogP contribution is -2.13. The molecule has 0 amide bonds. The molecule has 0 spiro atoms. The Morgan fingerprint density at radius 1 is 1.24 bits per heavy atom. The van der Waals surface area contributed by atoms with Crippen molar-refractivity contribution in [2.45, 2.75) is 40.3 Å². The molecule has 0 saturated heterocycles. The summed E-state index contributed by atoms with van der Waals surface area (Å²) in [5.41, 5.74) is 2.32. The molecule has 114 valence electrons. The molecule has 0 aliphatic heterocycles. The molecule has 3 nitrogen and oxygen atoms in total. The summed E-state index contributed by atoms with van der Waals surface area (Å²) >= 11 is 3.46. The number of ether oxygens (including phenoxy) is 1. The lowest BCUT2D eigenvalue weighted by molar-refractivity contribution is 0.266. The number of rotatable bonds is 7. The zero-order valence-corrected chi connectivity index (χ0v) is 14.4. The van der Waals surface area contributed by atoms with Gasteiger partial charge in [-0.1, -0.05) is 28.9 Å². The van der Waals surface area contributed by atoms with Crippen LogP contribution in [0.4, 0.5) is 0 Å². The fourth-order valence-corrected chi connectivity index (χ4v) is 2.45. The van der Waals surface area contributed by atoms with Gasteiger partial charge in [0.25, 0.3) is 0 Å². The highest BCUT2D eigenvalue weighted by Gasteiger charge is 2.08. The van der Waals surface area contributed by atoms with Crippen molar-refractivity contribution in [3.8, 4) is 5.75 Å². The molecule has 1 aromatic carbocycles. The molecular formula is C17H22BrNO2. The fourth-order valence-electron chi connectivity index (χ4n) is 2.11. The molecule has 1 N–H and O–H groups in total. The minimum absolute atomic E-state index is 0.450. The van der Waals surface area contributed by atoms with Gasteiger partial charge in [0.05, 0.1) is 0 Å². The van der Waals surface area contributed by atoms with Crippen molar-refractivity contribution in [2.24, 2.45) is 0 Å². The Morgan fingerprint density at radius 2 is 2.05 bits per heavy atom. The summed E-state index contributed by atoms with van der Waals surface area (Å²) in [5.74, 6) is 2.70. The van der Waals surface area contributed by atoms with Crippen LogP contribution in [0.3, 0.4) is 0 Å². The van der Waals surface area contributed by atoms with Crippen molar-refractivity contribution in [3.05, 3.63) is 51.4 Å². The monoisotopic (exact) mass is 351 g/mol. The Labute approximate surface area is 134 Å². The van der Waals surface area contributed by atoms with Gasteiger partial charge in [0.15, 0.2) is 0 Å². The van der Waals surface area contributed by atoms with Crippen LogP contribution in [0.25, 0.3) is 0 Å². The SMILES string of the molecule is CCCNCc1cc(COc2cc(Br)ccc2C)oc1C. The third kappa shape index (κ3) is 4.61. The first-order valence-corrected chi connectivity index (χ1v) is 8.07. The van der Waals surface area contributed by atoms with E-state index in [1.807, 2.05) is 32.0 Å². The number of aryl methyl sites for hydroxylation is 2. The maximum absolute atomic E-state index is 5.85. The Balaban J connectivity index is 1.97. The van der Waals surface area contributed by atoms with Crippen molar-refractivity contribution in [3.63, 3.8) is 0 Å². The van der Waals surface area contributed by atoms with E-state index < -0.39 is 0 Å². The summed E-state index contributed by atoms with van der Waals surface area (Å²) in [4.78, 5) is 0. The highest BCUT2D eigenvalue weighted by Crippen LogP contribution is 2.24. The average molecular weight is 352 g/mol. The van der Waals surface area contributed by atoms with E-state index in [0.717, 1.165) is 46.8 Å². The predicted octanol–water partition coefficient (Wildman–Crippen LogP) is 4.74. The topological polar surface area (TPSA) is 34.4 Å². The van der Waals surface area contributed by atoms with E-state index in [4.69, 9.17) is 9.15 Å². The van der Waals surface area contributed by atoms with E-state index in [2.05, 4.69) is 34.2 Å². The molecular weight excluding hydrogens is 330 g/mol. The third-order valence-corrected chi connectivity index (χ3v) is 3.83. The Hall–Kier alpha value is -1.26. The Bertz CT molecular complexity index is 592. The molecule has 0 aliphatic rings. The van der Waals surface area contributed by atoms with Gasteiger partial charge in [-0.3, -0.25) is 0 Å². The van der Waals surface area contributed by atoms with Gasteiger partial charge in [0.2, 0.25) is 0 Å². The zero-order valence-electron chi connectivity index (χ0n) is 12.8. The second-order valence-electron chi connectivity index (χ2n) is 5.17. The minimum Gasteiger partial charge on any atom is -0.485 e. The predicted molar refractivity (Wildman–Crippen MR) is 88.7 cm³/mol. The standard InChI is InChI=1S/C17H22BrNO2/c1-4-7-19-10-14-8-16(21-13(14)3)11-20-17-9-15(18)6-5-12(17)2/h5-6,8-9,19H,4,7,10-11H2,1-3H3. The summed E-state index contributed by atoms with van der Waals surface area (Å²) in [6.07, 6.45) is 1.13. The van der Waals surface area contributed by atoms with E-state index in [9.17, 15) is 0 Å². The van der Waals surface area contributed by atoms with Crippen molar-refractivity contribution in [2.75, 3.05) is 6.54 Å². The summed E-state index contributed by atoms with van der Waals surface area (Å²) in [6, 6.07) is 8.10. The Kier molecular flexibility index (Phi) is 5.88. The normalized spacial score (nSPS) is 10.9. The van der Waals surface area contributed by atoms with Crippen LogP contribution in [0.2, 0.25) is 0 Å². The van der Waals surface area contributed by atoms with Gasteiger partial charge in [-0.25, -0.2) is 0 Å². The fraction of sp³-hybridized carbons (Fsp3) is 0.412. The summed E-state index contributed by atoms with van der Waals surface area (Å²) < 4.78 is 12.6. The maximum Gasteiger partial charge on any atom is 0.146 e. The molecule has 0 bridgehead atoms. The van der Waals surface area contributed by atoms with Crippen molar-refractivity contribution >= 4 is 15.9 Å². The molecule has 0 saturated carbocycles. The molecule has 0 aliphatic carbocycles. The van der Waals surface area contributed by atoms with Gasteiger partial charge in [-0.05, 0) is 50.6 Å². The zero-order chi connectivity index (χ0) is 15.2. The van der Waals surface area contributed by atoms with E-state index in [1.54, 1.807) is 0 Å². The van der Waals surface area contributed by atoms with Gasteiger partial charge in [-0.15, -0.1) is 0 Å². The van der Waals surface area contributed by atoms with Crippen molar-refractivity contribution < 1.29 is 9.15 Å². The van der Waals surface area contributed by atoms with Gasteiger partial charge in [0, 0.05) is 16.6 Å². The van der Waals surface area contributed by atoms with Gasteiger partial charge in [-0.2, -0.15) is 0 Å². The molecule has 21 heavy (non-hydrogen) atoms. The van der Waals surface area contributed by atoms with Gasteiger partial charge in [0.1, 0.15) is 23.9 Å². The summed E-state index contributed by atoms with van der Waals surface area (Å²) in [6.45, 7) is 8.51. The number of hydrogen-bond donors (Lipinski definition) is 1. The lowest BCUT2D eigenvalue weighted by Gasteiger charge is -2.07. The second kappa shape index (κ2) is 7.66. The highest BCUT2D eigenvalue weighted by atomic mass is 79.9. The summed E-state index contributed by atoms with van der Waals surface area (Å²) in [5, 5.41) is 3.39. The van der Waals surface area contributed by atoms with Crippen molar-refractivity contribution in [1.29, 1.82) is 0 Å². The first-order chi connectivity index (χ1) is 10.1. The van der Waals surface area contributed by atoms with Crippen LogP contribution < -0.4 is 10.1 Å². The largest absolute Gasteiger partial charge is 0.485 e. The molecule has 2 rings (SSSR count). The van der Waals surface area contributed by atoms with E-state index >= 15 is 0 Å². The highest BCUT2D eigenvalue weighted by molar-refractivity contribution is 9.10. The van der Waals surface area contributed by atoms with E-state index in [-0.39, 0.29) is 0 Å². The first kappa shape index (κ1) is 16.1. The third-order valence-electron chi connectivity index (χ3n) is 3.33. The molecule has 2 aromatic rings. The van der Waals surface area contributed by atoms with Crippen LogP contribution in [-0.4, -0.2) is 6.54 Å². The molecule has 0 fully saturated rings. The van der Waals surface area contributed by atoms with Crippen LogP contribution in [-0.2, 0) is 13.2 Å². The quantitative estimate of drug-likeness (QED) is 0.731. The molecule has 0 radical (unpaired) electrons. The number of nitrogens with one attached hydrogen (secondary N) is 1. The molecule has 0 atom stereocenters. The van der Waals surface area contributed by atoms with E-state index in [1.165, 1.54) is 5.56 Å². The lowest BCUT2D eigenvalue weighted by atomic mass is 10.2. The number of furan rings is 1. The van der Waals surface area contributed by atoms with Crippen LogP contribution in [0, 0.1) is 13.8 Å². The molecule has 1 aromatic heterocycles. The van der Waals surface area contributed by atoms with Gasteiger partial charge < -0.3 is 14.5 Å². The smallest absolute Gasteiger partial charge is 0.146 e. The van der Waals surface area contributed by atoms with E-state index in [0.29, 0.717) is 6.61 Å². The Morgan fingerprint density at radius 3 is 2.81 bits per heavy atom. The van der Waals surface area contributed by atoms with Crippen molar-refractivity contribution in [1.82, 2.24) is 5.32 Å². The number of halogens is 1. The van der Waals surface area contributed by atoms with Gasteiger partial charge >= 0.3 is 0 Å². The molecule has 0 unspecified atom stereocenters. The number of benzene rings is 1. The minimum atomic E-state index is 0.450. The average Bonchev–Trinajstić information content (AvgIpc) is 2.81. The first-order valence-electron chi connectivity index (χ1n) is 7.28. The molecule has 1 heterocycles. The van der Waals surface area contributed by atoms with Crippen LogP contribution in [0.1, 0.15) is 36.0 Å². The second-order valence-corrected chi connectivity index (χ2v) is 6.09. The van der Waals surface area contributed by atoms with Crippen LogP contribution in [0.5, 0.6) is 5.75 Å². The molecule has 4 heteroatoms. The van der Waals surface area contributed by atoms with Crippen LogP contribution >= 0.6 is 15.9 Å². The maximum atomic E-state index is 5.85. The van der Waals surface area contributed by atoms with Crippen LogP contribution in [0.15, 0.2) is 33.2 Å². The summed E-state index contributed by atoms with van der Waals surface area (Å²) in [7, 11) is 0.